The van der Waals surface area contributed by atoms with E-state index in [0.29, 0.717) is 0 Å². The van der Waals surface area contributed by atoms with E-state index in [1.807, 2.05) is 0 Å². The minimum Gasteiger partial charge on any atom is -0.441 e. The van der Waals surface area contributed by atoms with E-state index in [9.17, 15) is 18.0 Å². The fraction of sp³-hybridized carbons (Fsp3) is 0.571. The first-order valence-electron chi connectivity index (χ1n) is 6.90. The average Bonchev–Trinajstić information content (AvgIpc) is 2.79. The zero-order valence-electron chi connectivity index (χ0n) is 14.2. The van der Waals surface area contributed by atoms with Crippen LogP contribution in [-0.4, -0.2) is 30.5 Å². The van der Waals surface area contributed by atoms with Gasteiger partial charge in [0.1, 0.15) is 9.81 Å². The van der Waals surface area contributed by atoms with Gasteiger partial charge in [-0.1, -0.05) is 11.6 Å². The summed E-state index contributed by atoms with van der Waals surface area (Å²) in [6.07, 6.45) is -1.32. The SMILES string of the molecule is CC(C)(C)OC(=O)N(OC(=O)C(C)(C)C)S(=O)(=O)c1ccc(Cl)s1. The van der Waals surface area contributed by atoms with Crippen molar-refractivity contribution in [3.63, 3.8) is 0 Å². The second-order valence-electron chi connectivity index (χ2n) is 6.90. The van der Waals surface area contributed by atoms with Crippen molar-refractivity contribution in [1.29, 1.82) is 0 Å². The number of hydrogen-bond donors (Lipinski definition) is 0. The predicted octanol–water partition coefficient (Wildman–Crippen LogP) is 3.83. The molecule has 0 bridgehead atoms. The van der Waals surface area contributed by atoms with Crippen molar-refractivity contribution in [2.75, 3.05) is 0 Å². The van der Waals surface area contributed by atoms with E-state index in [2.05, 4.69) is 0 Å². The molecule has 0 aliphatic carbocycles. The van der Waals surface area contributed by atoms with Gasteiger partial charge >= 0.3 is 22.1 Å². The summed E-state index contributed by atoms with van der Waals surface area (Å²) in [5.41, 5.74) is -2.00. The molecule has 0 aromatic carbocycles. The number of rotatable bonds is 2. The smallest absolute Gasteiger partial charge is 0.441 e. The molecule has 0 N–H and O–H groups in total. The molecule has 0 spiro atoms. The Hall–Kier alpha value is -1.32. The average molecular weight is 398 g/mol. The summed E-state index contributed by atoms with van der Waals surface area (Å²) >= 11 is 6.48. The summed E-state index contributed by atoms with van der Waals surface area (Å²) in [5.74, 6) is -0.903. The first-order valence-corrected chi connectivity index (χ1v) is 9.54. The number of thiophene rings is 1. The first-order chi connectivity index (χ1) is 10.6. The Morgan fingerprint density at radius 3 is 2.04 bits per heavy atom. The lowest BCUT2D eigenvalue weighted by atomic mass is 9.98. The lowest BCUT2D eigenvalue weighted by Crippen LogP contribution is -2.43. The van der Waals surface area contributed by atoms with Crippen LogP contribution in [0.3, 0.4) is 0 Å². The highest BCUT2D eigenvalue weighted by Gasteiger charge is 2.40. The third-order valence-electron chi connectivity index (χ3n) is 2.34. The molecular weight excluding hydrogens is 378 g/mol. The lowest BCUT2D eigenvalue weighted by Gasteiger charge is -2.27. The molecule has 1 heterocycles. The molecule has 0 saturated carbocycles. The number of nitrogens with zero attached hydrogens (tertiary/aromatic N) is 1. The molecule has 0 saturated heterocycles. The molecule has 0 unspecified atom stereocenters. The van der Waals surface area contributed by atoms with Gasteiger partial charge < -0.3 is 9.57 Å². The first kappa shape index (κ1) is 20.7. The summed E-state index contributed by atoms with van der Waals surface area (Å²) in [4.78, 5) is 29.2. The number of halogens is 1. The quantitative estimate of drug-likeness (QED) is 0.704. The zero-order chi connectivity index (χ0) is 18.9. The topological polar surface area (TPSA) is 90.0 Å². The summed E-state index contributed by atoms with van der Waals surface area (Å²) in [5, 5.41) is 0. The standard InChI is InChI=1S/C14H20ClNO6S2/c1-13(2,3)11(17)22-16(12(18)21-14(4,5)6)24(19,20)10-8-7-9(15)23-10/h7-8H,1-6H3. The molecule has 24 heavy (non-hydrogen) atoms. The van der Waals surface area contributed by atoms with E-state index < -0.39 is 33.1 Å². The van der Waals surface area contributed by atoms with Crippen molar-refractivity contribution < 1.29 is 27.6 Å². The molecule has 0 fully saturated rings. The molecule has 136 valence electrons. The van der Waals surface area contributed by atoms with Crippen LogP contribution in [0.15, 0.2) is 16.3 Å². The summed E-state index contributed by atoms with van der Waals surface area (Å²) in [7, 11) is -4.46. The summed E-state index contributed by atoms with van der Waals surface area (Å²) in [6.45, 7) is 9.25. The van der Waals surface area contributed by atoms with Gasteiger partial charge in [0.05, 0.1) is 9.75 Å². The molecular formula is C14H20ClNO6S2. The maximum atomic E-state index is 12.6. The van der Waals surface area contributed by atoms with E-state index in [-0.39, 0.29) is 13.0 Å². The Labute approximate surface area is 150 Å². The highest BCUT2D eigenvalue weighted by molar-refractivity contribution is 7.91. The number of sulfonamides is 1. The van der Waals surface area contributed by atoms with Crippen molar-refractivity contribution >= 4 is 45.0 Å². The van der Waals surface area contributed by atoms with Crippen LogP contribution in [0.25, 0.3) is 0 Å². The number of amides is 1. The highest BCUT2D eigenvalue weighted by Crippen LogP contribution is 2.30. The third kappa shape index (κ3) is 5.35. The second kappa shape index (κ2) is 6.89. The van der Waals surface area contributed by atoms with Gasteiger partial charge in [0.25, 0.3) is 0 Å². The van der Waals surface area contributed by atoms with Crippen LogP contribution in [-0.2, 0) is 24.4 Å². The van der Waals surface area contributed by atoms with Crippen LogP contribution in [0.4, 0.5) is 4.79 Å². The number of hydrogen-bond acceptors (Lipinski definition) is 7. The van der Waals surface area contributed by atoms with Crippen molar-refractivity contribution in [3.8, 4) is 0 Å². The van der Waals surface area contributed by atoms with Crippen molar-refractivity contribution in [2.24, 2.45) is 5.41 Å². The number of carbonyl (C=O) groups is 2. The predicted molar refractivity (Wildman–Crippen MR) is 90.1 cm³/mol. The van der Waals surface area contributed by atoms with Crippen LogP contribution in [0.1, 0.15) is 41.5 Å². The second-order valence-corrected chi connectivity index (χ2v) is 10.6. The Balaban J connectivity index is 3.27. The monoisotopic (exact) mass is 397 g/mol. The van der Waals surface area contributed by atoms with Crippen molar-refractivity contribution in [3.05, 3.63) is 16.5 Å². The van der Waals surface area contributed by atoms with Crippen molar-refractivity contribution in [2.45, 2.75) is 51.4 Å². The van der Waals surface area contributed by atoms with Gasteiger partial charge in [0.2, 0.25) is 0 Å². The molecule has 1 rings (SSSR count). The Kier molecular flexibility index (Phi) is 5.95. The minimum absolute atomic E-state index is 0.0337. The normalized spacial score (nSPS) is 12.6. The fourth-order valence-electron chi connectivity index (χ4n) is 1.21. The summed E-state index contributed by atoms with van der Waals surface area (Å²) in [6, 6.07) is 2.57. The molecule has 0 atom stereocenters. The van der Waals surface area contributed by atoms with E-state index >= 15 is 0 Å². The van der Waals surface area contributed by atoms with E-state index in [1.165, 1.54) is 32.9 Å². The van der Waals surface area contributed by atoms with E-state index in [4.69, 9.17) is 21.2 Å². The van der Waals surface area contributed by atoms with Gasteiger partial charge in [0.15, 0.2) is 0 Å². The maximum Gasteiger partial charge on any atom is 0.459 e. The van der Waals surface area contributed by atoms with Gasteiger partial charge in [-0.3, -0.25) is 0 Å². The van der Waals surface area contributed by atoms with Crippen LogP contribution in [0, 0.1) is 5.41 Å². The van der Waals surface area contributed by atoms with E-state index in [0.717, 1.165) is 11.3 Å². The molecule has 1 aromatic heterocycles. The molecule has 7 nitrogen and oxygen atoms in total. The molecule has 0 aliphatic heterocycles. The molecule has 0 aliphatic rings. The maximum absolute atomic E-state index is 12.6. The largest absolute Gasteiger partial charge is 0.459 e. The van der Waals surface area contributed by atoms with Gasteiger partial charge in [-0.25, -0.2) is 9.59 Å². The molecule has 1 aromatic rings. The molecule has 10 heteroatoms. The Morgan fingerprint density at radius 1 is 1.12 bits per heavy atom. The number of carbonyl (C=O) groups excluding carboxylic acids is 2. The van der Waals surface area contributed by atoms with Gasteiger partial charge in [-0.2, -0.15) is 8.42 Å². The number of hydroxylamine groups is 1. The van der Waals surface area contributed by atoms with Crippen LogP contribution < -0.4 is 0 Å². The van der Waals surface area contributed by atoms with Crippen LogP contribution in [0.2, 0.25) is 4.34 Å². The fourth-order valence-corrected chi connectivity index (χ4v) is 3.82. The van der Waals surface area contributed by atoms with E-state index in [1.54, 1.807) is 20.8 Å². The van der Waals surface area contributed by atoms with Gasteiger partial charge in [0, 0.05) is 0 Å². The minimum atomic E-state index is -4.46. The zero-order valence-corrected chi connectivity index (χ0v) is 16.6. The Morgan fingerprint density at radius 2 is 1.67 bits per heavy atom. The van der Waals surface area contributed by atoms with Crippen LogP contribution in [0.5, 0.6) is 0 Å². The summed E-state index contributed by atoms with van der Waals surface area (Å²) < 4.78 is 30.2. The Bertz CT molecular complexity index is 727. The number of ether oxygens (including phenoxy) is 1. The van der Waals surface area contributed by atoms with Crippen LogP contribution >= 0.6 is 22.9 Å². The molecule has 0 radical (unpaired) electrons. The third-order valence-corrected chi connectivity index (χ3v) is 5.55. The van der Waals surface area contributed by atoms with Gasteiger partial charge in [-0.05, 0) is 58.1 Å². The lowest BCUT2D eigenvalue weighted by molar-refractivity contribution is -0.176. The van der Waals surface area contributed by atoms with Gasteiger partial charge in [-0.15, -0.1) is 11.3 Å². The molecule has 1 amide bonds. The van der Waals surface area contributed by atoms with Crippen molar-refractivity contribution in [1.82, 2.24) is 4.47 Å². The highest BCUT2D eigenvalue weighted by atomic mass is 35.5.